The molecular formula is C27H28ClN7O3. The summed E-state index contributed by atoms with van der Waals surface area (Å²) in [4.78, 5) is 41.6. The van der Waals surface area contributed by atoms with Crippen molar-refractivity contribution in [2.45, 2.75) is 32.0 Å². The summed E-state index contributed by atoms with van der Waals surface area (Å²) in [6.45, 7) is 3.23. The highest BCUT2D eigenvalue weighted by Crippen LogP contribution is 2.36. The van der Waals surface area contributed by atoms with Crippen molar-refractivity contribution in [3.63, 3.8) is 0 Å². The van der Waals surface area contributed by atoms with E-state index in [4.69, 9.17) is 16.3 Å². The first-order chi connectivity index (χ1) is 18.3. The highest BCUT2D eigenvalue weighted by atomic mass is 35.5. The molecule has 4 rings (SSSR count). The molecule has 0 radical (unpaired) electrons. The normalized spacial score (nSPS) is 17.5. The number of nitriles is 1. The Bertz CT molecular complexity index is 1360. The van der Waals surface area contributed by atoms with Crippen molar-refractivity contribution in [3.05, 3.63) is 70.8 Å². The van der Waals surface area contributed by atoms with E-state index in [1.54, 1.807) is 18.1 Å². The summed E-state index contributed by atoms with van der Waals surface area (Å²) in [5.74, 6) is 0.319. The van der Waals surface area contributed by atoms with Crippen LogP contribution in [0.5, 0.6) is 5.75 Å². The minimum absolute atomic E-state index is 0.0968. The lowest BCUT2D eigenvalue weighted by molar-refractivity contribution is -0.136. The molecule has 1 aliphatic heterocycles. The van der Waals surface area contributed by atoms with Gasteiger partial charge in [-0.15, -0.1) is 0 Å². The zero-order valence-corrected chi connectivity index (χ0v) is 22.1. The molecule has 11 heteroatoms. The van der Waals surface area contributed by atoms with E-state index in [1.165, 1.54) is 26.4 Å². The summed E-state index contributed by atoms with van der Waals surface area (Å²) in [6.07, 6.45) is 1.49. The van der Waals surface area contributed by atoms with Crippen molar-refractivity contribution in [3.8, 4) is 23.2 Å². The number of carbonyl (C=O) groups is 2. The maximum Gasteiger partial charge on any atom is 0.269 e. The molecule has 1 N–H and O–H groups in total. The van der Waals surface area contributed by atoms with E-state index >= 15 is 0 Å². The number of aromatic nitrogens is 3. The van der Waals surface area contributed by atoms with Crippen molar-refractivity contribution in [1.29, 1.82) is 5.26 Å². The highest BCUT2D eigenvalue weighted by molar-refractivity contribution is 6.29. The van der Waals surface area contributed by atoms with E-state index in [9.17, 15) is 14.9 Å². The van der Waals surface area contributed by atoms with Crippen LogP contribution in [-0.2, 0) is 11.3 Å². The molecule has 1 fully saturated rings. The van der Waals surface area contributed by atoms with E-state index in [-0.39, 0.29) is 35.1 Å². The predicted molar refractivity (Wildman–Crippen MR) is 141 cm³/mol. The van der Waals surface area contributed by atoms with Gasteiger partial charge in [-0.3, -0.25) is 14.5 Å². The molecule has 1 aliphatic rings. The van der Waals surface area contributed by atoms with Crippen LogP contribution in [-0.4, -0.2) is 69.9 Å². The van der Waals surface area contributed by atoms with Crippen LogP contribution in [0.1, 0.15) is 41.0 Å². The highest BCUT2D eigenvalue weighted by Gasteiger charge is 2.39. The zero-order valence-electron chi connectivity index (χ0n) is 21.4. The fraction of sp³-hybridized carbons (Fsp3) is 0.333. The second kappa shape index (κ2) is 12.0. The van der Waals surface area contributed by atoms with Gasteiger partial charge in [0.2, 0.25) is 5.91 Å². The third kappa shape index (κ3) is 5.90. The van der Waals surface area contributed by atoms with Crippen molar-refractivity contribution >= 4 is 23.4 Å². The Morgan fingerprint density at radius 3 is 2.58 bits per heavy atom. The predicted octanol–water partition coefficient (Wildman–Crippen LogP) is 3.25. The lowest BCUT2D eigenvalue weighted by Gasteiger charge is -2.47. The molecule has 0 aliphatic carbocycles. The number of hydrogen-bond donors (Lipinski definition) is 1. The average Bonchev–Trinajstić information content (AvgIpc) is 2.93. The van der Waals surface area contributed by atoms with Gasteiger partial charge in [0.05, 0.1) is 37.0 Å². The molecule has 0 spiro atoms. The van der Waals surface area contributed by atoms with Crippen LogP contribution in [0.15, 0.2) is 48.8 Å². The number of benzene rings is 1. The topological polar surface area (TPSA) is 124 Å². The summed E-state index contributed by atoms with van der Waals surface area (Å²) < 4.78 is 5.27. The number of amides is 2. The van der Waals surface area contributed by atoms with Gasteiger partial charge in [0.25, 0.3) is 5.91 Å². The minimum atomic E-state index is -0.446. The Hall–Kier alpha value is -4.07. The number of ether oxygens (including phenoxy) is 1. The monoisotopic (exact) mass is 533 g/mol. The number of nitrogens with one attached hydrogen (secondary N) is 1. The summed E-state index contributed by atoms with van der Waals surface area (Å²) in [5, 5.41) is 12.5. The van der Waals surface area contributed by atoms with Crippen molar-refractivity contribution in [2.75, 3.05) is 27.2 Å². The van der Waals surface area contributed by atoms with Crippen LogP contribution in [0.3, 0.4) is 0 Å². The third-order valence-electron chi connectivity index (χ3n) is 6.59. The third-order valence-corrected chi connectivity index (χ3v) is 6.79. The zero-order chi connectivity index (χ0) is 27.2. The molecule has 3 heterocycles. The molecule has 1 aromatic carbocycles. The Morgan fingerprint density at radius 2 is 1.92 bits per heavy atom. The molecule has 3 aromatic rings. The van der Waals surface area contributed by atoms with E-state index in [0.717, 1.165) is 16.9 Å². The van der Waals surface area contributed by atoms with Gasteiger partial charge in [-0.25, -0.2) is 15.0 Å². The lowest BCUT2D eigenvalue weighted by Crippen LogP contribution is -2.55. The number of pyridine rings is 1. The Morgan fingerprint density at radius 1 is 1.16 bits per heavy atom. The van der Waals surface area contributed by atoms with Crippen LogP contribution in [0, 0.1) is 11.3 Å². The van der Waals surface area contributed by atoms with Gasteiger partial charge in [-0.1, -0.05) is 23.7 Å². The van der Waals surface area contributed by atoms with Gasteiger partial charge in [0.15, 0.2) is 0 Å². The standard InChI is InChI=1S/C27H28ClN7O3/c1-17(36)35-11-10-34(15-18-4-6-20(38-3)7-5-18)24(8-9-29)26(35)19-12-22(33-25(28)13-19)21-14-23(27(37)30-2)32-16-31-21/h4-7,12-14,16,24,26H,8,10-11,15H2,1-3H3,(H,30,37)/t24-,26-/m0/s1. The molecule has 196 valence electrons. The number of nitrogens with zero attached hydrogens (tertiary/aromatic N) is 6. The quantitative estimate of drug-likeness (QED) is 0.459. The summed E-state index contributed by atoms with van der Waals surface area (Å²) in [7, 11) is 3.14. The van der Waals surface area contributed by atoms with Gasteiger partial charge in [0.1, 0.15) is 22.9 Å². The first-order valence-electron chi connectivity index (χ1n) is 12.1. The maximum absolute atomic E-state index is 12.8. The summed E-state index contributed by atoms with van der Waals surface area (Å²) in [5.41, 5.74) is 2.85. The number of carbonyl (C=O) groups excluding carboxylic acids is 2. The minimum Gasteiger partial charge on any atom is -0.497 e. The van der Waals surface area contributed by atoms with Gasteiger partial charge in [-0.05, 0) is 41.5 Å². The number of hydrogen-bond acceptors (Lipinski definition) is 8. The molecule has 10 nitrogen and oxygen atoms in total. The van der Waals surface area contributed by atoms with Crippen LogP contribution in [0.2, 0.25) is 5.15 Å². The van der Waals surface area contributed by atoms with E-state index in [0.29, 0.717) is 31.0 Å². The largest absolute Gasteiger partial charge is 0.497 e. The van der Waals surface area contributed by atoms with Crippen molar-refractivity contribution in [2.24, 2.45) is 0 Å². The molecule has 38 heavy (non-hydrogen) atoms. The Labute approximate surface area is 226 Å². The van der Waals surface area contributed by atoms with Crippen LogP contribution >= 0.6 is 11.6 Å². The van der Waals surface area contributed by atoms with Gasteiger partial charge < -0.3 is 15.0 Å². The molecule has 1 saturated heterocycles. The lowest BCUT2D eigenvalue weighted by atomic mass is 9.91. The number of piperazine rings is 1. The molecule has 0 unspecified atom stereocenters. The van der Waals surface area contributed by atoms with Crippen LogP contribution in [0.4, 0.5) is 0 Å². The van der Waals surface area contributed by atoms with Crippen LogP contribution < -0.4 is 10.1 Å². The molecule has 0 saturated carbocycles. The molecule has 0 bridgehead atoms. The Kier molecular flexibility index (Phi) is 8.51. The molecular weight excluding hydrogens is 506 g/mol. The number of halogens is 1. The molecule has 2 amide bonds. The average molecular weight is 534 g/mol. The smallest absolute Gasteiger partial charge is 0.269 e. The molecule has 2 aromatic heterocycles. The van der Waals surface area contributed by atoms with Crippen molar-refractivity contribution in [1.82, 2.24) is 30.1 Å². The SMILES string of the molecule is CNC(=O)c1cc(-c2cc([C@H]3[C@H](CC#N)N(Cc4ccc(OC)cc4)CCN3C(C)=O)cc(Cl)n2)ncn1. The van der Waals surface area contributed by atoms with Crippen LogP contribution in [0.25, 0.3) is 11.4 Å². The molecule has 2 atom stereocenters. The summed E-state index contributed by atoms with van der Waals surface area (Å²) >= 11 is 6.47. The fourth-order valence-electron chi connectivity index (χ4n) is 4.77. The van der Waals surface area contributed by atoms with Gasteiger partial charge >= 0.3 is 0 Å². The van der Waals surface area contributed by atoms with Gasteiger partial charge in [-0.2, -0.15) is 5.26 Å². The fourth-order valence-corrected chi connectivity index (χ4v) is 4.99. The summed E-state index contributed by atoms with van der Waals surface area (Å²) in [6, 6.07) is 14.4. The van der Waals surface area contributed by atoms with E-state index in [1.807, 2.05) is 30.3 Å². The number of methoxy groups -OCH3 is 1. The van der Waals surface area contributed by atoms with Gasteiger partial charge in [0, 0.05) is 39.6 Å². The first kappa shape index (κ1) is 27.0. The second-order valence-corrected chi connectivity index (χ2v) is 9.27. The number of rotatable bonds is 7. The second-order valence-electron chi connectivity index (χ2n) is 8.88. The first-order valence-corrected chi connectivity index (χ1v) is 12.5. The maximum atomic E-state index is 12.8. The van der Waals surface area contributed by atoms with E-state index < -0.39 is 6.04 Å². The Balaban J connectivity index is 1.74. The van der Waals surface area contributed by atoms with Crippen molar-refractivity contribution < 1.29 is 14.3 Å². The van der Waals surface area contributed by atoms with E-state index in [2.05, 4.69) is 31.2 Å².